The first-order valence-electron chi connectivity index (χ1n) is 13.0. The van der Waals surface area contributed by atoms with Crippen LogP contribution in [0.15, 0.2) is 36.4 Å². The Balaban J connectivity index is 1.30. The zero-order valence-corrected chi connectivity index (χ0v) is 22.3. The van der Waals surface area contributed by atoms with E-state index in [9.17, 15) is 20.1 Å². The zero-order valence-electron chi connectivity index (χ0n) is 22.3. The van der Waals surface area contributed by atoms with Gasteiger partial charge in [0.2, 0.25) is 5.79 Å². The van der Waals surface area contributed by atoms with E-state index in [1.165, 1.54) is 6.08 Å². The molecule has 0 unspecified atom stereocenters. The van der Waals surface area contributed by atoms with Crippen molar-refractivity contribution in [3.8, 4) is 0 Å². The van der Waals surface area contributed by atoms with Gasteiger partial charge >= 0.3 is 5.97 Å². The van der Waals surface area contributed by atoms with Crippen molar-refractivity contribution in [3.05, 3.63) is 42.0 Å². The van der Waals surface area contributed by atoms with Crippen LogP contribution in [0.1, 0.15) is 33.3 Å². The van der Waals surface area contributed by atoms with Crippen LogP contribution >= 0.6 is 0 Å². The smallest absolute Gasteiger partial charge is 0.330 e. The predicted molar refractivity (Wildman–Crippen MR) is 132 cm³/mol. The number of carbonyl (C=O) groups excluding carboxylic acids is 1. The van der Waals surface area contributed by atoms with Crippen LogP contribution < -0.4 is 0 Å². The third-order valence-electron chi connectivity index (χ3n) is 7.10. The van der Waals surface area contributed by atoms with E-state index in [-0.39, 0.29) is 19.8 Å². The number of aliphatic hydroxyl groups is 3. The minimum atomic E-state index is -1.91. The molecule has 0 amide bonds. The van der Waals surface area contributed by atoms with E-state index in [0.29, 0.717) is 0 Å². The number of hydrogen-bond acceptors (Lipinski definition) is 12. The first kappa shape index (κ1) is 28.6. The number of ether oxygens (including phenoxy) is 8. The molecule has 4 aliphatic heterocycles. The lowest BCUT2D eigenvalue weighted by Gasteiger charge is -2.53. The molecule has 1 aromatic rings. The van der Waals surface area contributed by atoms with Crippen molar-refractivity contribution in [2.24, 2.45) is 0 Å². The molecule has 0 aliphatic carbocycles. The van der Waals surface area contributed by atoms with E-state index in [4.69, 9.17) is 37.9 Å². The van der Waals surface area contributed by atoms with Gasteiger partial charge in [0, 0.05) is 6.08 Å². The SMILES string of the molecule is CC1(C)OC[C@@]2(O[C@H]3O[C@@H]4COC(C)(C)O[C@H]4[C@H](O)[C@H]3O1)O[C@H](COC(=O)/C=C/c1ccccc1)[C@@H](O)[C@@H]2O. The van der Waals surface area contributed by atoms with Crippen molar-refractivity contribution >= 4 is 12.0 Å². The molecule has 4 saturated heterocycles. The summed E-state index contributed by atoms with van der Waals surface area (Å²) in [6, 6.07) is 9.20. The normalized spacial score (nSPS) is 41.4. The fourth-order valence-electron chi connectivity index (χ4n) is 5.06. The second-order valence-electron chi connectivity index (χ2n) is 11.0. The summed E-state index contributed by atoms with van der Waals surface area (Å²) in [6.07, 6.45) is -6.39. The Morgan fingerprint density at radius 2 is 1.64 bits per heavy atom. The summed E-state index contributed by atoms with van der Waals surface area (Å²) >= 11 is 0. The number of esters is 1. The van der Waals surface area contributed by atoms with Gasteiger partial charge in [-0.05, 0) is 39.3 Å². The van der Waals surface area contributed by atoms with E-state index < -0.39 is 72.3 Å². The van der Waals surface area contributed by atoms with Crippen molar-refractivity contribution in [1.29, 1.82) is 0 Å². The molecule has 4 heterocycles. The van der Waals surface area contributed by atoms with Crippen molar-refractivity contribution in [1.82, 2.24) is 0 Å². The summed E-state index contributed by atoms with van der Waals surface area (Å²) < 4.78 is 46.9. The molecule has 4 fully saturated rings. The van der Waals surface area contributed by atoms with Crippen LogP contribution in [0.4, 0.5) is 0 Å². The van der Waals surface area contributed by atoms with Crippen LogP contribution in [0.2, 0.25) is 0 Å². The number of benzene rings is 1. The average molecular weight is 553 g/mol. The summed E-state index contributed by atoms with van der Waals surface area (Å²) in [5, 5.41) is 33.1. The monoisotopic (exact) mass is 552 g/mol. The van der Waals surface area contributed by atoms with Crippen molar-refractivity contribution in [2.75, 3.05) is 19.8 Å². The predicted octanol–water partition coefficient (Wildman–Crippen LogP) is 0.465. The van der Waals surface area contributed by atoms with Crippen LogP contribution in [0.5, 0.6) is 0 Å². The molecule has 0 aromatic heterocycles. The van der Waals surface area contributed by atoms with Gasteiger partial charge in [-0.1, -0.05) is 30.3 Å². The highest BCUT2D eigenvalue weighted by atomic mass is 16.8. The molecule has 4 aliphatic rings. The molecular weight excluding hydrogens is 516 g/mol. The molecule has 1 aromatic carbocycles. The number of carbonyl (C=O) groups is 1. The number of fused-ring (bicyclic) bond motifs is 2. The first-order valence-corrected chi connectivity index (χ1v) is 13.0. The first-order chi connectivity index (χ1) is 18.4. The average Bonchev–Trinajstić information content (AvgIpc) is 3.12. The van der Waals surface area contributed by atoms with Crippen LogP contribution in [-0.2, 0) is 42.7 Å². The molecule has 0 radical (unpaired) electrons. The molecule has 39 heavy (non-hydrogen) atoms. The maximum absolute atomic E-state index is 12.3. The van der Waals surface area contributed by atoms with E-state index in [0.717, 1.165) is 5.56 Å². The highest BCUT2D eigenvalue weighted by Crippen LogP contribution is 2.42. The van der Waals surface area contributed by atoms with E-state index in [1.807, 2.05) is 30.3 Å². The van der Waals surface area contributed by atoms with Crippen LogP contribution in [0.25, 0.3) is 6.08 Å². The molecule has 12 heteroatoms. The lowest BCUT2D eigenvalue weighted by molar-refractivity contribution is -0.454. The van der Waals surface area contributed by atoms with Crippen LogP contribution in [-0.4, -0.2) is 107 Å². The van der Waals surface area contributed by atoms with Gasteiger partial charge in [-0.15, -0.1) is 0 Å². The second-order valence-corrected chi connectivity index (χ2v) is 11.0. The standard InChI is InChI=1S/C27H36O12/c1-25(2)33-13-17-21(37-25)20(30)22-24(35-17)39-27(14-34-26(3,4)38-22)23(31)19(29)16(36-27)12-32-18(28)11-10-15-8-6-5-7-9-15/h5-11,16-17,19-24,29-31H,12-14H2,1-4H3/b11-10+/t16-,17-,19-,20+,21-,22-,23+,24-,27+/m1/s1. The fraction of sp³-hybridized carbons (Fsp3) is 0.667. The minimum absolute atomic E-state index is 0.120. The summed E-state index contributed by atoms with van der Waals surface area (Å²) in [6.45, 7) is 6.13. The van der Waals surface area contributed by atoms with Crippen molar-refractivity contribution < 1.29 is 58.0 Å². The van der Waals surface area contributed by atoms with Gasteiger partial charge in [0.15, 0.2) is 17.9 Å². The van der Waals surface area contributed by atoms with Crippen molar-refractivity contribution in [3.63, 3.8) is 0 Å². The Kier molecular flexibility index (Phi) is 7.90. The number of rotatable bonds is 4. The Morgan fingerprint density at radius 1 is 0.949 bits per heavy atom. The Morgan fingerprint density at radius 3 is 2.38 bits per heavy atom. The van der Waals surface area contributed by atoms with Gasteiger partial charge in [0.1, 0.15) is 55.9 Å². The minimum Gasteiger partial charge on any atom is -0.460 e. The van der Waals surface area contributed by atoms with E-state index in [1.54, 1.807) is 33.8 Å². The fourth-order valence-corrected chi connectivity index (χ4v) is 5.06. The Labute approximate surface area is 226 Å². The topological polar surface area (TPSA) is 152 Å². The Hall–Kier alpha value is -1.97. The molecule has 5 rings (SSSR count). The van der Waals surface area contributed by atoms with Gasteiger partial charge in [-0.25, -0.2) is 4.79 Å². The molecule has 216 valence electrons. The van der Waals surface area contributed by atoms with Crippen LogP contribution in [0, 0.1) is 0 Å². The molecular formula is C27H36O12. The molecule has 9 atom stereocenters. The maximum Gasteiger partial charge on any atom is 0.330 e. The molecule has 0 saturated carbocycles. The molecule has 12 nitrogen and oxygen atoms in total. The third kappa shape index (κ3) is 6.05. The number of aliphatic hydroxyl groups excluding tert-OH is 3. The highest BCUT2D eigenvalue weighted by molar-refractivity contribution is 5.87. The van der Waals surface area contributed by atoms with E-state index in [2.05, 4.69) is 0 Å². The Bertz CT molecular complexity index is 1040. The summed E-state index contributed by atoms with van der Waals surface area (Å²) in [4.78, 5) is 12.3. The second kappa shape index (κ2) is 10.8. The quantitative estimate of drug-likeness (QED) is 0.352. The van der Waals surface area contributed by atoms with Gasteiger partial charge < -0.3 is 53.2 Å². The summed E-state index contributed by atoms with van der Waals surface area (Å²) in [5.74, 6) is -4.77. The van der Waals surface area contributed by atoms with Gasteiger partial charge in [-0.3, -0.25) is 0 Å². The maximum atomic E-state index is 12.3. The largest absolute Gasteiger partial charge is 0.460 e. The molecule has 3 N–H and O–H groups in total. The van der Waals surface area contributed by atoms with Crippen molar-refractivity contribution in [2.45, 2.75) is 94.1 Å². The number of hydrogen-bond donors (Lipinski definition) is 3. The van der Waals surface area contributed by atoms with Gasteiger partial charge in [-0.2, -0.15) is 0 Å². The van der Waals surface area contributed by atoms with Crippen LogP contribution in [0.3, 0.4) is 0 Å². The lowest BCUT2D eigenvalue weighted by atomic mass is 9.96. The summed E-state index contributed by atoms with van der Waals surface area (Å²) in [7, 11) is 0. The molecule has 1 spiro atoms. The molecule has 0 bridgehead atoms. The third-order valence-corrected chi connectivity index (χ3v) is 7.10. The van der Waals surface area contributed by atoms with Gasteiger partial charge in [0.25, 0.3) is 0 Å². The highest BCUT2D eigenvalue weighted by Gasteiger charge is 2.62. The zero-order chi connectivity index (χ0) is 28.0. The van der Waals surface area contributed by atoms with E-state index >= 15 is 0 Å². The van der Waals surface area contributed by atoms with Gasteiger partial charge in [0.05, 0.1) is 6.61 Å². The lowest BCUT2D eigenvalue weighted by Crippen LogP contribution is -2.69. The summed E-state index contributed by atoms with van der Waals surface area (Å²) in [5.41, 5.74) is 0.815.